The molecule has 0 amide bonds. The molecule has 0 unspecified atom stereocenters. The second-order valence-corrected chi connectivity index (χ2v) is 9.72. The highest BCUT2D eigenvalue weighted by Crippen LogP contribution is 2.46. The summed E-state index contributed by atoms with van der Waals surface area (Å²) in [5, 5.41) is 2.28. The Labute approximate surface area is 228 Å². The van der Waals surface area contributed by atoms with Gasteiger partial charge >= 0.3 is 0 Å². The number of nitrogens with zero attached hydrogens (tertiary/aromatic N) is 2. The van der Waals surface area contributed by atoms with Crippen molar-refractivity contribution < 1.29 is 4.74 Å². The van der Waals surface area contributed by atoms with E-state index in [-0.39, 0.29) is 0 Å². The van der Waals surface area contributed by atoms with Gasteiger partial charge in [0, 0.05) is 17.5 Å². The maximum absolute atomic E-state index is 6.51. The fourth-order valence-corrected chi connectivity index (χ4v) is 5.93. The van der Waals surface area contributed by atoms with Crippen LogP contribution in [0.3, 0.4) is 0 Å². The van der Waals surface area contributed by atoms with Crippen LogP contribution in [0.25, 0.3) is 55.8 Å². The van der Waals surface area contributed by atoms with E-state index >= 15 is 0 Å². The highest BCUT2D eigenvalue weighted by atomic mass is 16.5. The molecule has 5 aromatic carbocycles. The molecule has 6 aromatic rings. The number of ether oxygens (including phenoxy) is 1. The number of fused-ring (bicyclic) bond motifs is 3. The molecule has 0 atom stereocenters. The molecule has 1 aliphatic rings. The minimum Gasteiger partial charge on any atom is -0.453 e. The fraction of sp³-hybridized carbons (Fsp3) is 0.0833. The lowest BCUT2D eigenvalue weighted by Crippen LogP contribution is -2.07. The molecule has 186 valence electrons. The van der Waals surface area contributed by atoms with E-state index in [4.69, 9.17) is 16.1 Å². The largest absolute Gasteiger partial charge is 0.453 e. The van der Waals surface area contributed by atoms with Crippen LogP contribution in [0.15, 0.2) is 97.1 Å². The van der Waals surface area contributed by atoms with Crippen molar-refractivity contribution in [2.75, 3.05) is 0 Å². The van der Waals surface area contributed by atoms with Gasteiger partial charge in [-0.1, -0.05) is 91.7 Å². The van der Waals surface area contributed by atoms with Gasteiger partial charge in [0.25, 0.3) is 0 Å². The number of aryl methyl sites for hydroxylation is 1. The summed E-state index contributed by atoms with van der Waals surface area (Å²) in [4.78, 5) is 4.87. The smallest absolute Gasteiger partial charge is 0.153 e. The van der Waals surface area contributed by atoms with Crippen LogP contribution in [0.4, 0.5) is 0 Å². The number of hydrogen-bond acceptors (Lipinski definition) is 2. The first-order chi connectivity index (χ1) is 19.2. The second-order valence-electron chi connectivity index (χ2n) is 9.72. The molecule has 7 rings (SSSR count). The fourth-order valence-electron chi connectivity index (χ4n) is 5.93. The molecular weight excluding hydrogens is 476 g/mol. The van der Waals surface area contributed by atoms with E-state index in [1.165, 1.54) is 0 Å². The van der Waals surface area contributed by atoms with Crippen molar-refractivity contribution in [3.63, 3.8) is 0 Å². The van der Waals surface area contributed by atoms with Gasteiger partial charge in [-0.05, 0) is 64.2 Å². The predicted octanol–water partition coefficient (Wildman–Crippen LogP) is 9.20. The zero-order chi connectivity index (χ0) is 26.5. The van der Waals surface area contributed by atoms with Gasteiger partial charge in [0.15, 0.2) is 11.5 Å². The summed E-state index contributed by atoms with van der Waals surface area (Å²) >= 11 is 0. The normalized spacial score (nSPS) is 12.0. The molecule has 0 saturated carbocycles. The van der Waals surface area contributed by atoms with Crippen LogP contribution in [0, 0.1) is 12.3 Å². The summed E-state index contributed by atoms with van der Waals surface area (Å²) < 4.78 is 8.75. The van der Waals surface area contributed by atoms with Crippen molar-refractivity contribution >= 4 is 27.9 Å². The second kappa shape index (κ2) is 9.04. The van der Waals surface area contributed by atoms with Crippen LogP contribution < -0.4 is 4.74 Å². The lowest BCUT2D eigenvalue weighted by atomic mass is 9.83. The van der Waals surface area contributed by atoms with Crippen LogP contribution in [-0.4, -0.2) is 9.55 Å². The summed E-state index contributed by atoms with van der Waals surface area (Å²) in [5.41, 5.74) is 9.27. The number of allylic oxidation sites excluding steroid dienone is 1. The first-order valence-electron chi connectivity index (χ1n) is 13.3. The molecule has 0 aliphatic carbocycles. The molecule has 1 aromatic heterocycles. The Morgan fingerprint density at radius 2 is 1.62 bits per heavy atom. The number of imidazole rings is 1. The third-order valence-electron chi connectivity index (χ3n) is 7.53. The van der Waals surface area contributed by atoms with Crippen LogP contribution in [0.1, 0.15) is 30.8 Å². The first-order valence-corrected chi connectivity index (χ1v) is 13.3. The molecule has 2 heterocycles. The van der Waals surface area contributed by atoms with Gasteiger partial charge in [-0.25, -0.2) is 4.98 Å². The lowest BCUT2D eigenvalue weighted by Gasteiger charge is -2.23. The maximum Gasteiger partial charge on any atom is 0.153 e. The highest BCUT2D eigenvalue weighted by molar-refractivity contribution is 6.11. The number of terminal acetylenes is 1. The quantitative estimate of drug-likeness (QED) is 0.224. The summed E-state index contributed by atoms with van der Waals surface area (Å²) in [6.45, 7) is 4.17. The summed E-state index contributed by atoms with van der Waals surface area (Å²) in [5.74, 6) is 5.72. The van der Waals surface area contributed by atoms with Crippen molar-refractivity contribution in [3.8, 4) is 51.8 Å². The molecule has 0 N–H and O–H groups in total. The van der Waals surface area contributed by atoms with Crippen molar-refractivity contribution in [3.05, 3.63) is 114 Å². The van der Waals surface area contributed by atoms with E-state index in [0.29, 0.717) is 0 Å². The lowest BCUT2D eigenvalue weighted by molar-refractivity contribution is 0.474. The van der Waals surface area contributed by atoms with Gasteiger partial charge in [-0.2, -0.15) is 0 Å². The van der Waals surface area contributed by atoms with E-state index in [9.17, 15) is 0 Å². The summed E-state index contributed by atoms with van der Waals surface area (Å²) in [7, 11) is 0. The number of aromatic nitrogens is 2. The third kappa shape index (κ3) is 3.42. The first kappa shape index (κ1) is 23.1. The Bertz CT molecular complexity index is 1990. The Morgan fingerprint density at radius 1 is 0.846 bits per heavy atom. The number of rotatable bonds is 4. The Morgan fingerprint density at radius 3 is 2.36 bits per heavy atom. The van der Waals surface area contributed by atoms with Crippen molar-refractivity contribution in [1.82, 2.24) is 9.55 Å². The average Bonchev–Trinajstić information content (AvgIpc) is 3.37. The Balaban J connectivity index is 1.54. The highest BCUT2D eigenvalue weighted by Gasteiger charge is 2.25. The number of hydrogen-bond donors (Lipinski definition) is 0. The van der Waals surface area contributed by atoms with Gasteiger partial charge in [-0.15, -0.1) is 6.42 Å². The SMILES string of the molecule is C#Cc1c(/C=C\C)c(-c2ccc3c(c2)Oc2cccc4nc(CC)n-3c24)c2ccccc2c1-c1ccccc1. The van der Waals surface area contributed by atoms with Gasteiger partial charge in [0.2, 0.25) is 0 Å². The summed E-state index contributed by atoms with van der Waals surface area (Å²) in [6.07, 6.45) is 11.3. The zero-order valence-corrected chi connectivity index (χ0v) is 21.9. The molecule has 3 nitrogen and oxygen atoms in total. The number of benzene rings is 5. The minimum atomic E-state index is 0.810. The van der Waals surface area contributed by atoms with Crippen molar-refractivity contribution in [1.29, 1.82) is 0 Å². The number of para-hydroxylation sites is 1. The molecule has 39 heavy (non-hydrogen) atoms. The zero-order valence-electron chi connectivity index (χ0n) is 21.9. The maximum atomic E-state index is 6.51. The van der Waals surface area contributed by atoms with Crippen LogP contribution in [0.5, 0.6) is 11.5 Å². The van der Waals surface area contributed by atoms with Crippen LogP contribution in [-0.2, 0) is 6.42 Å². The standard InChI is InChI=1S/C36H26N2O/c1-4-13-26-25(5-2)34(23-14-8-7-9-15-23)27-16-10-11-17-28(27)35(26)24-20-21-30-32(22-24)39-31-19-12-18-29-36(31)38(30)33(6-3)37-29/h2,4,7-22H,6H2,1,3H3/b13-4-. The van der Waals surface area contributed by atoms with E-state index in [1.54, 1.807) is 0 Å². The molecule has 1 aliphatic heterocycles. The molecule has 0 bridgehead atoms. The van der Waals surface area contributed by atoms with Gasteiger partial charge < -0.3 is 4.74 Å². The Hall–Kier alpha value is -5.07. The van der Waals surface area contributed by atoms with Gasteiger partial charge in [0.05, 0.1) is 11.2 Å². The molecule has 0 fully saturated rings. The van der Waals surface area contributed by atoms with Crippen molar-refractivity contribution in [2.45, 2.75) is 20.3 Å². The minimum absolute atomic E-state index is 0.810. The molecule has 0 radical (unpaired) electrons. The van der Waals surface area contributed by atoms with E-state index in [2.05, 4.69) is 96.3 Å². The van der Waals surface area contributed by atoms with Crippen molar-refractivity contribution in [2.24, 2.45) is 0 Å². The summed E-state index contributed by atoms with van der Waals surface area (Å²) in [6, 6.07) is 31.5. The molecule has 0 saturated heterocycles. The van der Waals surface area contributed by atoms with Crippen LogP contribution in [0.2, 0.25) is 0 Å². The molecule has 3 heteroatoms. The third-order valence-corrected chi connectivity index (χ3v) is 7.53. The molecule has 0 spiro atoms. The van der Waals surface area contributed by atoms with E-state index < -0.39 is 0 Å². The van der Waals surface area contributed by atoms with E-state index in [0.717, 1.165) is 84.6 Å². The monoisotopic (exact) mass is 502 g/mol. The van der Waals surface area contributed by atoms with Gasteiger partial charge in [0.1, 0.15) is 11.3 Å². The topological polar surface area (TPSA) is 27.1 Å². The Kier molecular flexibility index (Phi) is 5.35. The van der Waals surface area contributed by atoms with Crippen LogP contribution >= 0.6 is 0 Å². The predicted molar refractivity (Wildman–Crippen MR) is 162 cm³/mol. The average molecular weight is 503 g/mol. The van der Waals surface area contributed by atoms with E-state index in [1.807, 2.05) is 31.2 Å². The molecular formula is C36H26N2O. The van der Waals surface area contributed by atoms with Gasteiger partial charge in [-0.3, -0.25) is 4.57 Å².